The number of carbonyl (C=O) groups is 2. The quantitative estimate of drug-likeness (QED) is 0.866. The Kier molecular flexibility index (Phi) is 5.71. The summed E-state index contributed by atoms with van der Waals surface area (Å²) < 4.78 is 0. The molecule has 2 heterocycles. The number of amides is 2. The van der Waals surface area contributed by atoms with E-state index < -0.39 is 0 Å². The SMILES string of the molecule is CC(=O)N1CCC(C(=O)Nc2cccc(CN3CCC(O)C3)c2)CC1. The second-order valence-electron chi connectivity index (χ2n) is 7.15. The van der Waals surface area contributed by atoms with Crippen LogP contribution in [0.15, 0.2) is 24.3 Å². The van der Waals surface area contributed by atoms with Gasteiger partial charge in [-0.3, -0.25) is 14.5 Å². The predicted octanol–water partition coefficient (Wildman–Crippen LogP) is 1.45. The molecule has 2 fully saturated rings. The van der Waals surface area contributed by atoms with E-state index >= 15 is 0 Å². The van der Waals surface area contributed by atoms with E-state index in [0.717, 1.165) is 43.6 Å². The summed E-state index contributed by atoms with van der Waals surface area (Å²) in [6, 6.07) is 7.92. The fraction of sp³-hybridized carbons (Fsp3) is 0.579. The van der Waals surface area contributed by atoms with Gasteiger partial charge < -0.3 is 15.3 Å². The smallest absolute Gasteiger partial charge is 0.227 e. The first kappa shape index (κ1) is 17.9. The van der Waals surface area contributed by atoms with Crippen molar-refractivity contribution < 1.29 is 14.7 Å². The van der Waals surface area contributed by atoms with Crippen LogP contribution in [0, 0.1) is 5.92 Å². The summed E-state index contributed by atoms with van der Waals surface area (Å²) in [5.41, 5.74) is 1.95. The van der Waals surface area contributed by atoms with Crippen molar-refractivity contribution in [1.82, 2.24) is 9.80 Å². The Morgan fingerprint density at radius 3 is 2.60 bits per heavy atom. The molecule has 2 aliphatic rings. The predicted molar refractivity (Wildman–Crippen MR) is 96.0 cm³/mol. The van der Waals surface area contributed by atoms with Gasteiger partial charge >= 0.3 is 0 Å². The molecular formula is C19H27N3O3. The van der Waals surface area contributed by atoms with E-state index in [-0.39, 0.29) is 23.8 Å². The van der Waals surface area contributed by atoms with Crippen molar-refractivity contribution in [3.05, 3.63) is 29.8 Å². The van der Waals surface area contributed by atoms with Crippen molar-refractivity contribution in [3.8, 4) is 0 Å². The zero-order chi connectivity index (χ0) is 17.8. The van der Waals surface area contributed by atoms with Gasteiger partial charge in [0.2, 0.25) is 11.8 Å². The van der Waals surface area contributed by atoms with Crippen LogP contribution in [0.25, 0.3) is 0 Å². The molecule has 0 aliphatic carbocycles. The Hall–Kier alpha value is -1.92. The molecule has 6 heteroatoms. The van der Waals surface area contributed by atoms with Gasteiger partial charge in [-0.1, -0.05) is 12.1 Å². The summed E-state index contributed by atoms with van der Waals surface area (Å²) in [6.07, 6.45) is 2.05. The maximum atomic E-state index is 12.5. The lowest BCUT2D eigenvalue weighted by Gasteiger charge is -2.30. The zero-order valence-corrected chi connectivity index (χ0v) is 14.8. The minimum absolute atomic E-state index is 0.0343. The third-order valence-corrected chi connectivity index (χ3v) is 5.16. The summed E-state index contributed by atoms with van der Waals surface area (Å²) in [5, 5.41) is 12.6. The highest BCUT2D eigenvalue weighted by atomic mass is 16.3. The first-order chi connectivity index (χ1) is 12.0. The molecule has 2 amide bonds. The number of likely N-dealkylation sites (tertiary alicyclic amines) is 2. The number of benzene rings is 1. The van der Waals surface area contributed by atoms with E-state index in [1.165, 1.54) is 0 Å². The molecule has 2 saturated heterocycles. The van der Waals surface area contributed by atoms with Crippen LogP contribution in [-0.4, -0.2) is 59.0 Å². The van der Waals surface area contributed by atoms with Crippen LogP contribution in [0.3, 0.4) is 0 Å². The van der Waals surface area contributed by atoms with E-state index in [0.29, 0.717) is 19.6 Å². The van der Waals surface area contributed by atoms with Crippen molar-refractivity contribution in [2.45, 2.75) is 38.8 Å². The number of carbonyl (C=O) groups excluding carboxylic acids is 2. The number of β-amino-alcohol motifs (C(OH)–C–C–N with tert-alkyl or cyclic N) is 1. The maximum absolute atomic E-state index is 12.5. The van der Waals surface area contributed by atoms with Gasteiger partial charge in [0.25, 0.3) is 0 Å². The standard InChI is InChI=1S/C19H27N3O3/c1-14(23)22-9-5-16(6-10-22)19(25)20-17-4-2-3-15(11-17)12-21-8-7-18(24)13-21/h2-4,11,16,18,24H,5-10,12-13H2,1H3,(H,20,25). The van der Waals surface area contributed by atoms with Gasteiger partial charge in [0.1, 0.15) is 0 Å². The topological polar surface area (TPSA) is 72.9 Å². The third-order valence-electron chi connectivity index (χ3n) is 5.16. The molecule has 25 heavy (non-hydrogen) atoms. The van der Waals surface area contributed by atoms with Crippen molar-refractivity contribution in [2.24, 2.45) is 5.92 Å². The highest BCUT2D eigenvalue weighted by Gasteiger charge is 2.26. The summed E-state index contributed by atoms with van der Waals surface area (Å²) in [7, 11) is 0. The van der Waals surface area contributed by atoms with Crippen molar-refractivity contribution in [1.29, 1.82) is 0 Å². The molecule has 1 aromatic carbocycles. The van der Waals surface area contributed by atoms with Gasteiger partial charge in [0.15, 0.2) is 0 Å². The fourth-order valence-electron chi connectivity index (χ4n) is 3.66. The largest absolute Gasteiger partial charge is 0.392 e. The second-order valence-corrected chi connectivity index (χ2v) is 7.15. The Labute approximate surface area is 148 Å². The van der Waals surface area contributed by atoms with Crippen molar-refractivity contribution in [3.63, 3.8) is 0 Å². The monoisotopic (exact) mass is 345 g/mol. The molecule has 1 unspecified atom stereocenters. The van der Waals surface area contributed by atoms with Crippen LogP contribution >= 0.6 is 0 Å². The minimum Gasteiger partial charge on any atom is -0.392 e. The fourth-order valence-corrected chi connectivity index (χ4v) is 3.66. The highest BCUT2D eigenvalue weighted by molar-refractivity contribution is 5.92. The maximum Gasteiger partial charge on any atom is 0.227 e. The first-order valence-electron chi connectivity index (χ1n) is 9.07. The molecule has 2 aliphatic heterocycles. The first-order valence-corrected chi connectivity index (χ1v) is 9.07. The number of hydrogen-bond acceptors (Lipinski definition) is 4. The van der Waals surface area contributed by atoms with Crippen molar-refractivity contribution in [2.75, 3.05) is 31.5 Å². The lowest BCUT2D eigenvalue weighted by Crippen LogP contribution is -2.40. The van der Waals surface area contributed by atoms with Crippen LogP contribution in [-0.2, 0) is 16.1 Å². The average Bonchev–Trinajstić information content (AvgIpc) is 3.00. The van der Waals surface area contributed by atoms with E-state index in [1.54, 1.807) is 11.8 Å². The molecule has 0 spiro atoms. The number of rotatable bonds is 4. The van der Waals surface area contributed by atoms with Crippen LogP contribution in [0.5, 0.6) is 0 Å². The summed E-state index contributed by atoms with van der Waals surface area (Å²) in [5.74, 6) is 0.0866. The van der Waals surface area contributed by atoms with Crippen LogP contribution in [0.1, 0.15) is 31.7 Å². The average molecular weight is 345 g/mol. The second kappa shape index (κ2) is 7.97. The highest BCUT2D eigenvalue weighted by Crippen LogP contribution is 2.21. The van der Waals surface area contributed by atoms with Gasteiger partial charge in [-0.2, -0.15) is 0 Å². The molecule has 0 radical (unpaired) electrons. The van der Waals surface area contributed by atoms with E-state index in [9.17, 15) is 14.7 Å². The number of aliphatic hydroxyl groups excluding tert-OH is 1. The molecule has 2 N–H and O–H groups in total. The third kappa shape index (κ3) is 4.80. The summed E-state index contributed by atoms with van der Waals surface area (Å²) in [6.45, 7) is 5.30. The molecule has 0 saturated carbocycles. The van der Waals surface area contributed by atoms with Gasteiger partial charge in [0, 0.05) is 51.3 Å². The van der Waals surface area contributed by atoms with Gasteiger partial charge in [-0.25, -0.2) is 0 Å². The van der Waals surface area contributed by atoms with Gasteiger partial charge in [-0.05, 0) is 37.0 Å². The van der Waals surface area contributed by atoms with Crippen LogP contribution < -0.4 is 5.32 Å². The molecular weight excluding hydrogens is 318 g/mol. The minimum atomic E-state index is -0.219. The Bertz CT molecular complexity index is 626. The normalized spacial score (nSPS) is 22.2. The Balaban J connectivity index is 1.53. The van der Waals surface area contributed by atoms with Crippen LogP contribution in [0.2, 0.25) is 0 Å². The number of nitrogens with zero attached hydrogens (tertiary/aromatic N) is 2. The van der Waals surface area contributed by atoms with E-state index in [2.05, 4.69) is 10.2 Å². The molecule has 3 rings (SSSR count). The van der Waals surface area contributed by atoms with Gasteiger partial charge in [-0.15, -0.1) is 0 Å². The zero-order valence-electron chi connectivity index (χ0n) is 14.8. The summed E-state index contributed by atoms with van der Waals surface area (Å²) in [4.78, 5) is 27.9. The molecule has 6 nitrogen and oxygen atoms in total. The molecule has 0 aromatic heterocycles. The van der Waals surface area contributed by atoms with E-state index in [1.807, 2.05) is 24.3 Å². The Morgan fingerprint density at radius 1 is 1.20 bits per heavy atom. The molecule has 1 atom stereocenters. The lowest BCUT2D eigenvalue weighted by atomic mass is 9.95. The summed E-state index contributed by atoms with van der Waals surface area (Å²) >= 11 is 0. The molecule has 0 bridgehead atoms. The number of hydrogen-bond donors (Lipinski definition) is 2. The number of nitrogens with one attached hydrogen (secondary N) is 1. The van der Waals surface area contributed by atoms with Crippen molar-refractivity contribution >= 4 is 17.5 Å². The molecule has 136 valence electrons. The van der Waals surface area contributed by atoms with Gasteiger partial charge in [0.05, 0.1) is 6.10 Å². The van der Waals surface area contributed by atoms with E-state index in [4.69, 9.17) is 0 Å². The lowest BCUT2D eigenvalue weighted by molar-refractivity contribution is -0.132. The van der Waals surface area contributed by atoms with Crippen LogP contribution in [0.4, 0.5) is 5.69 Å². The molecule has 1 aromatic rings. The number of anilines is 1. The Morgan fingerprint density at radius 2 is 1.96 bits per heavy atom. The number of aliphatic hydroxyl groups is 1. The number of piperidine rings is 1.